The van der Waals surface area contributed by atoms with Crippen molar-refractivity contribution in [2.45, 2.75) is 153 Å². The Balaban J connectivity index is 1.04. The zero-order chi connectivity index (χ0) is 42.0. The van der Waals surface area contributed by atoms with Gasteiger partial charge in [-0.3, -0.25) is 14.0 Å². The van der Waals surface area contributed by atoms with E-state index < -0.39 is 16.9 Å². The highest BCUT2D eigenvalue weighted by Gasteiger charge is 2.71. The Kier molecular flexibility index (Phi) is 11.4. The topological polar surface area (TPSA) is 116 Å². The number of β-amino-alcohol motifs (C(OH)–C–C–N with tert-alkyl or cyclic N) is 1. The van der Waals surface area contributed by atoms with E-state index in [1.165, 1.54) is 11.1 Å². The fraction of sp³-hybridized carbons (Fsp3) is 0.725. The Morgan fingerprint density at radius 1 is 0.850 bits per heavy atom. The third kappa shape index (κ3) is 7.27. The molecule has 0 aromatic heterocycles. The van der Waals surface area contributed by atoms with E-state index in [0.717, 1.165) is 128 Å². The first-order valence-electron chi connectivity index (χ1n) is 23.7. The summed E-state index contributed by atoms with van der Waals surface area (Å²) in [6.45, 7) is 8.65. The fourth-order valence-corrected chi connectivity index (χ4v) is 17.2. The highest BCUT2D eigenvalue weighted by atomic mass is 35.5. The lowest BCUT2D eigenvalue weighted by molar-refractivity contribution is -0.179. The first kappa shape index (κ1) is 42.8. The second-order valence-electron chi connectivity index (χ2n) is 22.4. The minimum absolute atomic E-state index is 0.00447. The summed E-state index contributed by atoms with van der Waals surface area (Å²) in [5.41, 5.74) is 7.59. The van der Waals surface area contributed by atoms with Gasteiger partial charge in [-0.25, -0.2) is 0 Å². The van der Waals surface area contributed by atoms with Crippen LogP contribution in [0.2, 0.25) is 0 Å². The van der Waals surface area contributed by atoms with Gasteiger partial charge in [0.15, 0.2) is 0 Å². The molecule has 11 rings (SSSR count). The maximum Gasteiger partial charge on any atom is 0.226 e. The molecule has 10 fully saturated rings. The number of piperidine rings is 1. The van der Waals surface area contributed by atoms with Crippen molar-refractivity contribution in [3.8, 4) is 0 Å². The van der Waals surface area contributed by atoms with E-state index in [4.69, 9.17) is 23.9 Å². The van der Waals surface area contributed by atoms with Crippen LogP contribution in [0.25, 0.3) is 0 Å². The van der Waals surface area contributed by atoms with Gasteiger partial charge in [0.25, 0.3) is 0 Å². The van der Waals surface area contributed by atoms with Gasteiger partial charge in [-0.1, -0.05) is 55.1 Å². The van der Waals surface area contributed by atoms with Gasteiger partial charge in [-0.2, -0.15) is 0 Å². The molecule has 8 bridgehead atoms. The van der Waals surface area contributed by atoms with Gasteiger partial charge in [-0.05, 0) is 198 Å². The van der Waals surface area contributed by atoms with Gasteiger partial charge in [0.2, 0.25) is 11.8 Å². The molecule has 1 aromatic rings. The molecule has 2 amide bonds. The molecule has 10 atom stereocenters. The van der Waals surface area contributed by atoms with Crippen LogP contribution in [0.4, 0.5) is 4.39 Å². The van der Waals surface area contributed by atoms with Crippen LogP contribution in [0.3, 0.4) is 0 Å². The summed E-state index contributed by atoms with van der Waals surface area (Å²) in [6.07, 6.45) is 23.3. The molecular weight excluding hydrogens is 771 g/mol. The summed E-state index contributed by atoms with van der Waals surface area (Å²) < 4.78 is 14.9. The van der Waals surface area contributed by atoms with Crippen molar-refractivity contribution >= 4 is 23.4 Å². The Hall–Kier alpha value is -2.52. The smallest absolute Gasteiger partial charge is 0.226 e. The monoisotopic (exact) mass is 843 g/mol. The zero-order valence-electron chi connectivity index (χ0n) is 36.3. The highest BCUT2D eigenvalue weighted by molar-refractivity contribution is 6.17. The number of aliphatic hydroxyl groups is 1. The van der Waals surface area contributed by atoms with Gasteiger partial charge in [-0.15, -0.1) is 11.6 Å². The van der Waals surface area contributed by atoms with Crippen molar-refractivity contribution in [3.63, 3.8) is 0 Å². The summed E-state index contributed by atoms with van der Waals surface area (Å²) in [5, 5.41) is 21.0. The second kappa shape index (κ2) is 15.9. The van der Waals surface area contributed by atoms with Crippen molar-refractivity contribution in [2.75, 3.05) is 32.2 Å². The standard InChI is InChI=1S/C51H72ClFN4O3/c1-3-38(12-9-35(2)47-22-37-21-45(26-47,16-18-52)27-48(23-37,31-47)43(59)57-41-15-20-55-25-42(41)58)49-28-46(17-19-53)29-50(32-49,39-7-5-4-6-8-39)34-51(30-46,33-49)44(60)56-40-13-10-36(24-54)11-14-40/h3-9,12,36-37,40-42,55,58H,2,10-11,13-34,54H2,1H3,(H,56,60)(H,57,59)/b12-9-,38-3+/t36?,37?,40?,41-,42-,45-,46-,47-,48?,49?,50+,51?/m1/s1. The van der Waals surface area contributed by atoms with Crippen molar-refractivity contribution in [1.82, 2.24) is 16.0 Å². The lowest BCUT2D eigenvalue weighted by Gasteiger charge is -2.71. The molecule has 1 saturated heterocycles. The lowest BCUT2D eigenvalue weighted by Crippen LogP contribution is -2.67. The second-order valence-corrected chi connectivity index (χ2v) is 22.8. The van der Waals surface area contributed by atoms with Crippen LogP contribution in [-0.4, -0.2) is 67.3 Å². The zero-order valence-corrected chi connectivity index (χ0v) is 37.0. The Morgan fingerprint density at radius 3 is 2.25 bits per heavy atom. The summed E-state index contributed by atoms with van der Waals surface area (Å²) in [4.78, 5) is 29.7. The molecule has 10 aliphatic rings. The van der Waals surface area contributed by atoms with Gasteiger partial charge < -0.3 is 26.8 Å². The van der Waals surface area contributed by atoms with Crippen molar-refractivity contribution in [2.24, 2.45) is 50.1 Å². The Bertz CT molecular complexity index is 1880. The first-order chi connectivity index (χ1) is 28.8. The van der Waals surface area contributed by atoms with E-state index >= 15 is 4.79 Å². The van der Waals surface area contributed by atoms with Crippen LogP contribution in [0, 0.1) is 44.3 Å². The predicted molar refractivity (Wildman–Crippen MR) is 238 cm³/mol. The van der Waals surface area contributed by atoms with Gasteiger partial charge >= 0.3 is 0 Å². The quantitative estimate of drug-likeness (QED) is 0.0950. The molecule has 9 heteroatoms. The lowest BCUT2D eigenvalue weighted by atomic mass is 9.33. The normalized spacial score (nSPS) is 44.3. The summed E-state index contributed by atoms with van der Waals surface area (Å²) in [6, 6.07) is 10.8. The molecule has 1 aliphatic heterocycles. The van der Waals surface area contributed by atoms with E-state index in [9.17, 15) is 14.3 Å². The van der Waals surface area contributed by atoms with Crippen LogP contribution in [-0.2, 0) is 15.0 Å². The molecule has 1 heterocycles. The number of hydrogen-bond acceptors (Lipinski definition) is 5. The maximum absolute atomic E-state index is 15.1. The fourth-order valence-electron chi connectivity index (χ4n) is 16.8. The average Bonchev–Trinajstić information content (AvgIpc) is 3.21. The Morgan fingerprint density at radius 2 is 1.53 bits per heavy atom. The number of nitrogens with one attached hydrogen (secondary N) is 3. The van der Waals surface area contributed by atoms with Gasteiger partial charge in [0.05, 0.1) is 29.7 Å². The third-order valence-electron chi connectivity index (χ3n) is 18.3. The molecule has 0 radical (unpaired) electrons. The van der Waals surface area contributed by atoms with Gasteiger partial charge in [0.1, 0.15) is 0 Å². The third-order valence-corrected chi connectivity index (χ3v) is 18.5. The largest absolute Gasteiger partial charge is 0.390 e. The number of rotatable bonds is 14. The predicted octanol–water partition coefficient (Wildman–Crippen LogP) is 8.74. The molecule has 60 heavy (non-hydrogen) atoms. The molecule has 9 aliphatic carbocycles. The van der Waals surface area contributed by atoms with E-state index in [0.29, 0.717) is 37.2 Å². The number of carbonyl (C=O) groups is 2. The van der Waals surface area contributed by atoms with Crippen LogP contribution in [0.1, 0.15) is 134 Å². The van der Waals surface area contributed by atoms with E-state index in [2.05, 4.69) is 71.4 Å². The average molecular weight is 844 g/mol. The number of benzene rings is 1. The number of allylic oxidation sites excluding steroid dienone is 5. The molecule has 0 spiro atoms. The minimum Gasteiger partial charge on any atom is -0.390 e. The van der Waals surface area contributed by atoms with Crippen LogP contribution in [0.15, 0.2) is 66.3 Å². The number of aliphatic hydroxyl groups excluding tert-OH is 1. The number of hydrogen-bond donors (Lipinski definition) is 5. The number of alkyl halides is 2. The minimum atomic E-state index is -0.587. The molecule has 1 aromatic carbocycles. The Labute approximate surface area is 363 Å². The molecule has 6 N–H and O–H groups in total. The summed E-state index contributed by atoms with van der Waals surface area (Å²) in [7, 11) is 0. The molecule has 328 valence electrons. The highest BCUT2D eigenvalue weighted by Crippen LogP contribution is 2.77. The summed E-state index contributed by atoms with van der Waals surface area (Å²) >= 11 is 6.58. The van der Waals surface area contributed by atoms with Crippen molar-refractivity contribution in [3.05, 3.63) is 71.8 Å². The molecule has 4 unspecified atom stereocenters. The number of carbonyl (C=O) groups excluding carboxylic acids is 2. The SMILES string of the molecule is C=C(/C=C\C(=C/C)C12CC3(C(=O)NC4CCC(CN)CC4)C[C@](CCF)(C1)C[C@@](c1ccccc1)(C3)C2)[C@]12CC3CC(C(=O)N[C@@H]4CCNC[C@H]4O)(C[C@](CCCl)(C3)C1)C2. The van der Waals surface area contributed by atoms with Crippen molar-refractivity contribution < 1.29 is 19.1 Å². The maximum atomic E-state index is 15.1. The first-order valence-corrected chi connectivity index (χ1v) is 24.3. The summed E-state index contributed by atoms with van der Waals surface area (Å²) in [5.74, 6) is 1.84. The molecule has 7 nitrogen and oxygen atoms in total. The van der Waals surface area contributed by atoms with E-state index in [1.807, 2.05) is 0 Å². The number of halogens is 2. The van der Waals surface area contributed by atoms with Crippen LogP contribution >= 0.6 is 11.6 Å². The van der Waals surface area contributed by atoms with Crippen LogP contribution < -0.4 is 21.7 Å². The molecular formula is C51H72ClFN4O3. The molecule has 9 saturated carbocycles. The van der Waals surface area contributed by atoms with E-state index in [1.54, 1.807) is 0 Å². The van der Waals surface area contributed by atoms with Crippen LogP contribution in [0.5, 0.6) is 0 Å². The number of nitrogens with two attached hydrogens (primary N) is 1. The number of amides is 2. The van der Waals surface area contributed by atoms with Crippen molar-refractivity contribution in [1.29, 1.82) is 0 Å². The van der Waals surface area contributed by atoms with Gasteiger partial charge in [0, 0.05) is 18.5 Å². The van der Waals surface area contributed by atoms with E-state index in [-0.39, 0.29) is 57.6 Å².